The standard InChI is InChI=1S/C10H9ClN4O/c1-15-13-8(10(12)14-15)9(16)6-4-2-3-5-7(6)11/h2-5H,1H3,(H2,12,14). The van der Waals surface area contributed by atoms with E-state index in [0.29, 0.717) is 10.6 Å². The number of nitrogens with two attached hydrogens (primary N) is 1. The first kappa shape index (κ1) is 10.6. The van der Waals surface area contributed by atoms with Gasteiger partial charge in [0, 0.05) is 12.6 Å². The summed E-state index contributed by atoms with van der Waals surface area (Å²) >= 11 is 5.91. The van der Waals surface area contributed by atoms with Crippen molar-refractivity contribution in [3.05, 3.63) is 40.5 Å². The molecule has 2 N–H and O–H groups in total. The van der Waals surface area contributed by atoms with E-state index in [2.05, 4.69) is 10.2 Å². The summed E-state index contributed by atoms with van der Waals surface area (Å²) in [4.78, 5) is 13.3. The third-order valence-electron chi connectivity index (χ3n) is 2.07. The molecule has 0 atom stereocenters. The maximum atomic E-state index is 12.0. The SMILES string of the molecule is Cn1nc(N)c(C(=O)c2ccccc2Cl)n1. The Kier molecular flexibility index (Phi) is 2.62. The second-order valence-corrected chi connectivity index (χ2v) is 3.64. The van der Waals surface area contributed by atoms with Crippen LogP contribution in [-0.2, 0) is 7.05 Å². The number of carbonyl (C=O) groups is 1. The van der Waals surface area contributed by atoms with Gasteiger partial charge in [0.1, 0.15) is 0 Å². The predicted molar refractivity (Wildman–Crippen MR) is 60.3 cm³/mol. The third-order valence-corrected chi connectivity index (χ3v) is 2.40. The van der Waals surface area contributed by atoms with Crippen molar-refractivity contribution in [2.45, 2.75) is 0 Å². The Labute approximate surface area is 96.8 Å². The summed E-state index contributed by atoms with van der Waals surface area (Å²) in [5.74, 6) is -0.219. The van der Waals surface area contributed by atoms with Crippen LogP contribution in [0.5, 0.6) is 0 Å². The van der Waals surface area contributed by atoms with Crippen LogP contribution in [0, 0.1) is 0 Å². The molecular formula is C10H9ClN4O. The van der Waals surface area contributed by atoms with E-state index >= 15 is 0 Å². The quantitative estimate of drug-likeness (QED) is 0.798. The lowest BCUT2D eigenvalue weighted by molar-refractivity contribution is 0.103. The van der Waals surface area contributed by atoms with Gasteiger partial charge in [0.15, 0.2) is 11.5 Å². The van der Waals surface area contributed by atoms with Crippen molar-refractivity contribution < 1.29 is 4.79 Å². The zero-order valence-corrected chi connectivity index (χ0v) is 9.27. The van der Waals surface area contributed by atoms with Gasteiger partial charge in [-0.15, -0.1) is 10.2 Å². The number of anilines is 1. The highest BCUT2D eigenvalue weighted by Crippen LogP contribution is 2.19. The zero-order chi connectivity index (χ0) is 11.7. The van der Waals surface area contributed by atoms with Gasteiger partial charge in [0.2, 0.25) is 5.78 Å². The Morgan fingerprint density at radius 1 is 1.38 bits per heavy atom. The molecule has 1 heterocycles. The highest BCUT2D eigenvalue weighted by atomic mass is 35.5. The van der Waals surface area contributed by atoms with Crippen LogP contribution in [-0.4, -0.2) is 20.8 Å². The van der Waals surface area contributed by atoms with E-state index < -0.39 is 0 Å². The van der Waals surface area contributed by atoms with Crippen molar-refractivity contribution in [1.82, 2.24) is 15.0 Å². The van der Waals surface area contributed by atoms with Gasteiger partial charge >= 0.3 is 0 Å². The normalized spacial score (nSPS) is 10.4. The fraction of sp³-hybridized carbons (Fsp3) is 0.100. The second-order valence-electron chi connectivity index (χ2n) is 3.23. The molecule has 0 saturated carbocycles. The van der Waals surface area contributed by atoms with E-state index in [0.717, 1.165) is 0 Å². The van der Waals surface area contributed by atoms with Gasteiger partial charge in [0.25, 0.3) is 0 Å². The van der Waals surface area contributed by atoms with Gasteiger partial charge in [-0.05, 0) is 12.1 Å². The van der Waals surface area contributed by atoms with E-state index in [1.165, 1.54) is 4.80 Å². The van der Waals surface area contributed by atoms with Crippen molar-refractivity contribution in [1.29, 1.82) is 0 Å². The van der Waals surface area contributed by atoms with Gasteiger partial charge in [0.05, 0.1) is 5.02 Å². The van der Waals surface area contributed by atoms with E-state index in [1.807, 2.05) is 0 Å². The molecule has 82 valence electrons. The zero-order valence-electron chi connectivity index (χ0n) is 8.51. The molecule has 0 aliphatic rings. The maximum absolute atomic E-state index is 12.0. The molecule has 5 nitrogen and oxygen atoms in total. The molecule has 0 unspecified atom stereocenters. The molecule has 0 saturated heterocycles. The van der Waals surface area contributed by atoms with Crippen LogP contribution < -0.4 is 5.73 Å². The molecule has 0 radical (unpaired) electrons. The van der Waals surface area contributed by atoms with Crippen molar-refractivity contribution in [2.24, 2.45) is 7.05 Å². The van der Waals surface area contributed by atoms with Gasteiger partial charge in [-0.3, -0.25) is 4.79 Å². The predicted octanol–water partition coefficient (Wildman–Crippen LogP) is 1.28. The van der Waals surface area contributed by atoms with Crippen LogP contribution in [0.1, 0.15) is 16.1 Å². The minimum atomic E-state index is -0.323. The Bertz CT molecular complexity index is 550. The Morgan fingerprint density at radius 3 is 2.62 bits per heavy atom. The number of nitrogens with zero attached hydrogens (tertiary/aromatic N) is 3. The Morgan fingerprint density at radius 2 is 2.06 bits per heavy atom. The molecule has 1 aromatic carbocycles. The fourth-order valence-corrected chi connectivity index (χ4v) is 1.58. The lowest BCUT2D eigenvalue weighted by Crippen LogP contribution is -2.06. The number of rotatable bonds is 2. The van der Waals surface area contributed by atoms with Crippen LogP contribution in [0.4, 0.5) is 5.82 Å². The molecule has 2 aromatic rings. The van der Waals surface area contributed by atoms with Gasteiger partial charge in [-0.25, -0.2) is 0 Å². The third kappa shape index (κ3) is 1.77. The summed E-state index contributed by atoms with van der Waals surface area (Å²) < 4.78 is 0. The number of hydrogen-bond donors (Lipinski definition) is 1. The van der Waals surface area contributed by atoms with Crippen LogP contribution >= 0.6 is 11.6 Å². The summed E-state index contributed by atoms with van der Waals surface area (Å²) in [6.45, 7) is 0. The largest absolute Gasteiger partial charge is 0.380 e. The van der Waals surface area contributed by atoms with E-state index in [9.17, 15) is 4.79 Å². The number of halogens is 1. The number of aromatic nitrogens is 3. The molecule has 0 bridgehead atoms. The van der Waals surface area contributed by atoms with Crippen LogP contribution in [0.2, 0.25) is 5.02 Å². The average Bonchev–Trinajstić information content (AvgIpc) is 2.58. The topological polar surface area (TPSA) is 73.8 Å². The minimum Gasteiger partial charge on any atom is -0.380 e. The molecule has 6 heteroatoms. The summed E-state index contributed by atoms with van der Waals surface area (Å²) in [6.07, 6.45) is 0. The molecule has 0 spiro atoms. The smallest absolute Gasteiger partial charge is 0.218 e. The van der Waals surface area contributed by atoms with Crippen LogP contribution in [0.3, 0.4) is 0 Å². The fourth-order valence-electron chi connectivity index (χ4n) is 1.36. The van der Waals surface area contributed by atoms with E-state index in [-0.39, 0.29) is 17.3 Å². The Balaban J connectivity index is 2.47. The maximum Gasteiger partial charge on any atom is 0.218 e. The molecule has 1 aromatic heterocycles. The number of aryl methyl sites for hydroxylation is 1. The Hall–Kier alpha value is -1.88. The summed E-state index contributed by atoms with van der Waals surface area (Å²) in [7, 11) is 1.60. The van der Waals surface area contributed by atoms with Crippen molar-refractivity contribution in [3.63, 3.8) is 0 Å². The number of carbonyl (C=O) groups excluding carboxylic acids is 1. The molecule has 16 heavy (non-hydrogen) atoms. The molecular weight excluding hydrogens is 228 g/mol. The van der Waals surface area contributed by atoms with E-state index in [1.54, 1.807) is 31.3 Å². The first-order chi connectivity index (χ1) is 7.59. The first-order valence-corrected chi connectivity index (χ1v) is 4.93. The number of benzene rings is 1. The monoisotopic (exact) mass is 236 g/mol. The van der Waals surface area contributed by atoms with Crippen LogP contribution in [0.15, 0.2) is 24.3 Å². The van der Waals surface area contributed by atoms with Gasteiger partial charge < -0.3 is 5.73 Å². The summed E-state index contributed by atoms with van der Waals surface area (Å²) in [6, 6.07) is 6.74. The molecule has 0 aliphatic carbocycles. The molecule has 0 fully saturated rings. The summed E-state index contributed by atoms with van der Waals surface area (Å²) in [5.41, 5.74) is 6.06. The van der Waals surface area contributed by atoms with Crippen molar-refractivity contribution in [3.8, 4) is 0 Å². The average molecular weight is 237 g/mol. The number of ketones is 1. The molecule has 2 rings (SSSR count). The molecule has 0 aliphatic heterocycles. The lowest BCUT2D eigenvalue weighted by Gasteiger charge is -1.99. The number of nitrogen functional groups attached to an aromatic ring is 1. The van der Waals surface area contributed by atoms with Crippen molar-refractivity contribution in [2.75, 3.05) is 5.73 Å². The lowest BCUT2D eigenvalue weighted by atomic mass is 10.1. The van der Waals surface area contributed by atoms with Gasteiger partial charge in [-0.2, -0.15) is 4.80 Å². The minimum absolute atomic E-state index is 0.104. The second kappa shape index (κ2) is 3.94. The van der Waals surface area contributed by atoms with E-state index in [4.69, 9.17) is 17.3 Å². The van der Waals surface area contributed by atoms with Crippen LogP contribution in [0.25, 0.3) is 0 Å². The van der Waals surface area contributed by atoms with Gasteiger partial charge in [-0.1, -0.05) is 23.7 Å². The first-order valence-electron chi connectivity index (χ1n) is 4.55. The highest BCUT2D eigenvalue weighted by Gasteiger charge is 2.19. The highest BCUT2D eigenvalue weighted by molar-refractivity contribution is 6.35. The van der Waals surface area contributed by atoms with Crippen molar-refractivity contribution >= 4 is 23.2 Å². The number of hydrogen-bond acceptors (Lipinski definition) is 4. The molecule has 0 amide bonds. The summed E-state index contributed by atoms with van der Waals surface area (Å²) in [5, 5.41) is 8.08.